The van der Waals surface area contributed by atoms with E-state index < -0.39 is 0 Å². The minimum atomic E-state index is 0.0351. The van der Waals surface area contributed by atoms with Gasteiger partial charge in [0, 0.05) is 18.5 Å². The Morgan fingerprint density at radius 1 is 1.35 bits per heavy atom. The minimum absolute atomic E-state index is 0.0351. The van der Waals surface area contributed by atoms with Gasteiger partial charge in [0.15, 0.2) is 0 Å². The van der Waals surface area contributed by atoms with Gasteiger partial charge in [-0.2, -0.15) is 0 Å². The van der Waals surface area contributed by atoms with Crippen LogP contribution in [-0.4, -0.2) is 30.5 Å². The Balaban J connectivity index is 1.88. The summed E-state index contributed by atoms with van der Waals surface area (Å²) in [5.41, 5.74) is 0. The Kier molecular flexibility index (Phi) is 4.69. The Labute approximate surface area is 108 Å². The van der Waals surface area contributed by atoms with Gasteiger partial charge in [0.1, 0.15) is 0 Å². The third-order valence-electron chi connectivity index (χ3n) is 4.15. The van der Waals surface area contributed by atoms with E-state index in [0.29, 0.717) is 18.4 Å². The number of alkyl halides is 1. The SMILES string of the molecule is CC1OCCC1C(=O)NC1CCCCC1CCl. The first-order chi connectivity index (χ1) is 8.22. The van der Waals surface area contributed by atoms with Gasteiger partial charge in [0.05, 0.1) is 12.0 Å². The molecular weight excluding hydrogens is 238 g/mol. The molecule has 4 heteroatoms. The van der Waals surface area contributed by atoms with E-state index in [-0.39, 0.29) is 24.0 Å². The molecule has 4 unspecified atom stereocenters. The zero-order valence-electron chi connectivity index (χ0n) is 10.5. The highest BCUT2D eigenvalue weighted by Crippen LogP contribution is 2.27. The van der Waals surface area contributed by atoms with Crippen LogP contribution < -0.4 is 5.32 Å². The van der Waals surface area contributed by atoms with Gasteiger partial charge < -0.3 is 10.1 Å². The number of ether oxygens (including phenoxy) is 1. The number of carbonyl (C=O) groups excluding carboxylic acids is 1. The van der Waals surface area contributed by atoms with Gasteiger partial charge >= 0.3 is 0 Å². The highest BCUT2D eigenvalue weighted by atomic mass is 35.5. The molecule has 3 nitrogen and oxygen atoms in total. The molecule has 2 fully saturated rings. The number of nitrogens with one attached hydrogen (secondary N) is 1. The predicted octanol–water partition coefficient (Wildman–Crippen LogP) is 2.33. The van der Waals surface area contributed by atoms with Crippen LogP contribution in [0.3, 0.4) is 0 Å². The predicted molar refractivity (Wildman–Crippen MR) is 68.1 cm³/mol. The quantitative estimate of drug-likeness (QED) is 0.790. The number of rotatable bonds is 3. The molecule has 1 saturated heterocycles. The van der Waals surface area contributed by atoms with Gasteiger partial charge in [0.2, 0.25) is 5.91 Å². The fourth-order valence-electron chi connectivity index (χ4n) is 2.95. The minimum Gasteiger partial charge on any atom is -0.378 e. The smallest absolute Gasteiger partial charge is 0.226 e. The van der Waals surface area contributed by atoms with Crippen molar-refractivity contribution in [2.75, 3.05) is 12.5 Å². The summed E-state index contributed by atoms with van der Waals surface area (Å²) >= 11 is 5.97. The van der Waals surface area contributed by atoms with Crippen molar-refractivity contribution < 1.29 is 9.53 Å². The van der Waals surface area contributed by atoms with Crippen LogP contribution in [0.1, 0.15) is 39.0 Å². The molecule has 17 heavy (non-hydrogen) atoms. The summed E-state index contributed by atoms with van der Waals surface area (Å²) in [5.74, 6) is 1.30. The fraction of sp³-hybridized carbons (Fsp3) is 0.923. The molecule has 2 rings (SSSR count). The molecule has 1 aliphatic heterocycles. The van der Waals surface area contributed by atoms with Crippen molar-refractivity contribution in [2.24, 2.45) is 11.8 Å². The molecule has 1 amide bonds. The Bertz CT molecular complexity index is 272. The average Bonchev–Trinajstić information content (AvgIpc) is 2.76. The molecule has 0 aromatic rings. The third kappa shape index (κ3) is 3.14. The van der Waals surface area contributed by atoms with Crippen LogP contribution in [0.4, 0.5) is 0 Å². The molecule has 0 spiro atoms. The maximum atomic E-state index is 12.2. The van der Waals surface area contributed by atoms with Crippen LogP contribution >= 0.6 is 11.6 Å². The summed E-state index contributed by atoms with van der Waals surface area (Å²) in [6.45, 7) is 2.69. The molecule has 1 saturated carbocycles. The second kappa shape index (κ2) is 6.05. The van der Waals surface area contributed by atoms with E-state index in [1.807, 2.05) is 6.92 Å². The monoisotopic (exact) mass is 259 g/mol. The largest absolute Gasteiger partial charge is 0.378 e. The van der Waals surface area contributed by atoms with Crippen molar-refractivity contribution in [3.63, 3.8) is 0 Å². The highest BCUT2D eigenvalue weighted by molar-refractivity contribution is 6.18. The summed E-state index contributed by atoms with van der Waals surface area (Å²) in [4.78, 5) is 12.2. The number of carbonyl (C=O) groups is 1. The molecule has 1 heterocycles. The van der Waals surface area contributed by atoms with Crippen molar-refractivity contribution >= 4 is 17.5 Å². The van der Waals surface area contributed by atoms with E-state index in [2.05, 4.69) is 5.32 Å². The normalized spacial score (nSPS) is 38.0. The molecular formula is C13H22ClNO2. The fourth-order valence-corrected chi connectivity index (χ4v) is 3.32. The van der Waals surface area contributed by atoms with E-state index in [1.165, 1.54) is 12.8 Å². The molecule has 1 N–H and O–H groups in total. The third-order valence-corrected chi connectivity index (χ3v) is 4.54. The second-order valence-corrected chi connectivity index (χ2v) is 5.59. The van der Waals surface area contributed by atoms with Crippen LogP contribution in [0, 0.1) is 11.8 Å². The topological polar surface area (TPSA) is 38.3 Å². The van der Waals surface area contributed by atoms with Crippen LogP contribution in [0.2, 0.25) is 0 Å². The van der Waals surface area contributed by atoms with Crippen molar-refractivity contribution in [1.29, 1.82) is 0 Å². The summed E-state index contributed by atoms with van der Waals surface area (Å²) in [6, 6.07) is 0.279. The molecule has 4 atom stereocenters. The van der Waals surface area contributed by atoms with E-state index in [1.54, 1.807) is 0 Å². The summed E-state index contributed by atoms with van der Waals surface area (Å²) in [5, 5.41) is 3.19. The molecule has 0 radical (unpaired) electrons. The molecule has 0 aromatic carbocycles. The zero-order valence-corrected chi connectivity index (χ0v) is 11.2. The number of hydrogen-bond acceptors (Lipinski definition) is 2. The van der Waals surface area contributed by atoms with Crippen LogP contribution in [0.15, 0.2) is 0 Å². The summed E-state index contributed by atoms with van der Waals surface area (Å²) < 4.78 is 5.44. The lowest BCUT2D eigenvalue weighted by atomic mass is 9.85. The Morgan fingerprint density at radius 3 is 2.76 bits per heavy atom. The van der Waals surface area contributed by atoms with Gasteiger partial charge in [-0.1, -0.05) is 12.8 Å². The first-order valence-electron chi connectivity index (χ1n) is 6.70. The van der Waals surface area contributed by atoms with Crippen LogP contribution in [-0.2, 0) is 9.53 Å². The van der Waals surface area contributed by atoms with Crippen molar-refractivity contribution in [1.82, 2.24) is 5.32 Å². The van der Waals surface area contributed by atoms with Gasteiger partial charge in [0.25, 0.3) is 0 Å². The summed E-state index contributed by atoms with van der Waals surface area (Å²) in [6.07, 6.45) is 5.58. The number of hydrogen-bond donors (Lipinski definition) is 1. The standard InChI is InChI=1S/C13H22ClNO2/c1-9-11(6-7-17-9)13(16)15-12-5-3-2-4-10(12)8-14/h9-12H,2-8H2,1H3,(H,15,16). The Morgan fingerprint density at radius 2 is 2.12 bits per heavy atom. The van der Waals surface area contributed by atoms with Crippen molar-refractivity contribution in [3.8, 4) is 0 Å². The van der Waals surface area contributed by atoms with Crippen LogP contribution in [0.5, 0.6) is 0 Å². The molecule has 0 aromatic heterocycles. The zero-order chi connectivity index (χ0) is 12.3. The first kappa shape index (κ1) is 13.2. The highest BCUT2D eigenvalue weighted by Gasteiger charge is 2.33. The number of amides is 1. The first-order valence-corrected chi connectivity index (χ1v) is 7.23. The van der Waals surface area contributed by atoms with E-state index in [9.17, 15) is 4.79 Å². The summed E-state index contributed by atoms with van der Waals surface area (Å²) in [7, 11) is 0. The lowest BCUT2D eigenvalue weighted by Gasteiger charge is -2.32. The molecule has 1 aliphatic carbocycles. The van der Waals surface area contributed by atoms with E-state index in [4.69, 9.17) is 16.3 Å². The van der Waals surface area contributed by atoms with Crippen molar-refractivity contribution in [2.45, 2.75) is 51.2 Å². The average molecular weight is 260 g/mol. The Hall–Kier alpha value is -0.280. The van der Waals surface area contributed by atoms with E-state index in [0.717, 1.165) is 19.3 Å². The molecule has 2 aliphatic rings. The van der Waals surface area contributed by atoms with Crippen LogP contribution in [0.25, 0.3) is 0 Å². The van der Waals surface area contributed by atoms with Crippen molar-refractivity contribution in [3.05, 3.63) is 0 Å². The number of halogens is 1. The maximum absolute atomic E-state index is 12.2. The second-order valence-electron chi connectivity index (χ2n) is 5.28. The van der Waals surface area contributed by atoms with Gasteiger partial charge in [-0.15, -0.1) is 11.6 Å². The van der Waals surface area contributed by atoms with E-state index >= 15 is 0 Å². The molecule has 0 bridgehead atoms. The van der Waals surface area contributed by atoms with Gasteiger partial charge in [-0.05, 0) is 32.1 Å². The lowest BCUT2D eigenvalue weighted by Crippen LogP contribution is -2.46. The lowest BCUT2D eigenvalue weighted by molar-refractivity contribution is -0.127. The molecule has 98 valence electrons. The maximum Gasteiger partial charge on any atom is 0.226 e. The van der Waals surface area contributed by atoms with Gasteiger partial charge in [-0.25, -0.2) is 0 Å². The van der Waals surface area contributed by atoms with Gasteiger partial charge in [-0.3, -0.25) is 4.79 Å².